The number of alkyl halides is 3. The van der Waals surface area contributed by atoms with Crippen LogP contribution in [0, 0.1) is 5.92 Å². The fourth-order valence-electron chi connectivity index (χ4n) is 3.51. The van der Waals surface area contributed by atoms with Gasteiger partial charge in [-0.1, -0.05) is 12.1 Å². The fourth-order valence-corrected chi connectivity index (χ4v) is 3.51. The molecule has 2 heterocycles. The minimum Gasteiger partial charge on any atom is -0.330 e. The molecule has 1 unspecified atom stereocenters. The lowest BCUT2D eigenvalue weighted by Gasteiger charge is -2.32. The molecule has 0 spiro atoms. The van der Waals surface area contributed by atoms with E-state index >= 15 is 0 Å². The first-order valence-corrected chi connectivity index (χ1v) is 8.59. The Morgan fingerprint density at radius 1 is 1.23 bits per heavy atom. The molecule has 1 fully saturated rings. The van der Waals surface area contributed by atoms with Gasteiger partial charge in [-0.25, -0.2) is 0 Å². The largest absolute Gasteiger partial charge is 0.416 e. The van der Waals surface area contributed by atoms with Crippen molar-refractivity contribution in [3.05, 3.63) is 41.6 Å². The summed E-state index contributed by atoms with van der Waals surface area (Å²) in [6, 6.07) is 5.21. The monoisotopic (exact) mass is 388 g/mol. The molecule has 3 N–H and O–H groups in total. The predicted molar refractivity (Wildman–Crippen MR) is 97.9 cm³/mol. The molecule has 1 aromatic carbocycles. The van der Waals surface area contributed by atoms with Crippen LogP contribution in [0.1, 0.15) is 30.4 Å². The van der Waals surface area contributed by atoms with E-state index in [2.05, 4.69) is 15.1 Å². The summed E-state index contributed by atoms with van der Waals surface area (Å²) in [4.78, 5) is 2.38. The second-order valence-electron chi connectivity index (χ2n) is 6.67. The number of nitrogens with zero attached hydrogens (tertiary/aromatic N) is 2. The van der Waals surface area contributed by atoms with Crippen LogP contribution in [0.5, 0.6) is 0 Å². The van der Waals surface area contributed by atoms with Gasteiger partial charge in [-0.05, 0) is 56.0 Å². The van der Waals surface area contributed by atoms with Gasteiger partial charge in [0.2, 0.25) is 0 Å². The van der Waals surface area contributed by atoms with Crippen molar-refractivity contribution in [1.82, 2.24) is 15.1 Å². The quantitative estimate of drug-likeness (QED) is 0.811. The fraction of sp³-hybridized carbons (Fsp3) is 0.500. The Morgan fingerprint density at radius 2 is 1.96 bits per heavy atom. The Hall–Kier alpha value is -1.57. The molecule has 4 nitrogen and oxygen atoms in total. The summed E-state index contributed by atoms with van der Waals surface area (Å²) in [5, 5.41) is 7.02. The molecule has 0 saturated carbocycles. The molecular weight excluding hydrogens is 365 g/mol. The number of piperidine rings is 1. The van der Waals surface area contributed by atoms with Crippen molar-refractivity contribution >= 4 is 12.4 Å². The van der Waals surface area contributed by atoms with Crippen LogP contribution < -0.4 is 5.73 Å². The van der Waals surface area contributed by atoms with Crippen molar-refractivity contribution in [2.45, 2.75) is 32.0 Å². The first-order valence-electron chi connectivity index (χ1n) is 8.59. The van der Waals surface area contributed by atoms with Crippen LogP contribution >= 0.6 is 12.4 Å². The smallest absolute Gasteiger partial charge is 0.330 e. The van der Waals surface area contributed by atoms with Gasteiger partial charge in [0.1, 0.15) is 0 Å². The van der Waals surface area contributed by atoms with Crippen LogP contribution in [0.15, 0.2) is 30.5 Å². The second kappa shape index (κ2) is 8.88. The van der Waals surface area contributed by atoms with Crippen molar-refractivity contribution in [2.24, 2.45) is 11.7 Å². The molecule has 8 heteroatoms. The zero-order valence-corrected chi connectivity index (χ0v) is 15.2. The van der Waals surface area contributed by atoms with E-state index in [4.69, 9.17) is 5.73 Å². The van der Waals surface area contributed by atoms with Gasteiger partial charge in [0, 0.05) is 18.7 Å². The molecule has 0 amide bonds. The predicted octanol–water partition coefficient (Wildman–Crippen LogP) is 4.08. The van der Waals surface area contributed by atoms with Crippen LogP contribution in [-0.4, -0.2) is 34.7 Å². The van der Waals surface area contributed by atoms with E-state index in [0.717, 1.165) is 61.4 Å². The Morgan fingerprint density at radius 3 is 2.62 bits per heavy atom. The van der Waals surface area contributed by atoms with E-state index in [1.54, 1.807) is 6.20 Å². The van der Waals surface area contributed by atoms with Gasteiger partial charge >= 0.3 is 6.18 Å². The van der Waals surface area contributed by atoms with Crippen molar-refractivity contribution in [3.8, 4) is 11.3 Å². The third-order valence-electron chi connectivity index (χ3n) is 4.79. The summed E-state index contributed by atoms with van der Waals surface area (Å²) < 4.78 is 38.1. The maximum Gasteiger partial charge on any atom is 0.416 e. The summed E-state index contributed by atoms with van der Waals surface area (Å²) in [6.07, 6.45) is 0.845. The third-order valence-corrected chi connectivity index (χ3v) is 4.79. The molecule has 0 radical (unpaired) electrons. The Kier molecular flexibility index (Phi) is 7.08. The van der Waals surface area contributed by atoms with Crippen LogP contribution in [0.4, 0.5) is 13.2 Å². The van der Waals surface area contributed by atoms with Crippen LogP contribution in [0.2, 0.25) is 0 Å². The number of rotatable bonds is 5. The minimum atomic E-state index is -4.32. The normalized spacial score (nSPS) is 18.5. The molecule has 1 atom stereocenters. The molecule has 1 aromatic heterocycles. The van der Waals surface area contributed by atoms with Crippen molar-refractivity contribution in [2.75, 3.05) is 19.6 Å². The molecule has 2 aromatic rings. The van der Waals surface area contributed by atoms with Gasteiger partial charge in [0.25, 0.3) is 0 Å². The lowest BCUT2D eigenvalue weighted by Crippen LogP contribution is -2.35. The van der Waals surface area contributed by atoms with Crippen LogP contribution in [0.25, 0.3) is 11.3 Å². The summed E-state index contributed by atoms with van der Waals surface area (Å²) >= 11 is 0. The number of hydrogen-bond acceptors (Lipinski definition) is 3. The summed E-state index contributed by atoms with van der Waals surface area (Å²) in [7, 11) is 0. The van der Waals surface area contributed by atoms with Gasteiger partial charge in [0.15, 0.2) is 0 Å². The average molecular weight is 389 g/mol. The van der Waals surface area contributed by atoms with E-state index in [1.807, 2.05) is 0 Å². The van der Waals surface area contributed by atoms with Crippen molar-refractivity contribution in [3.63, 3.8) is 0 Å². The van der Waals surface area contributed by atoms with E-state index in [1.165, 1.54) is 18.6 Å². The number of nitrogens with one attached hydrogen (secondary N) is 1. The Labute approximate surface area is 157 Å². The average Bonchev–Trinajstić information content (AvgIpc) is 3.03. The minimum absolute atomic E-state index is 0. The SMILES string of the molecule is Cl.NCCC1CCCN(Cc2cn[nH]c2-c2ccc(C(F)(F)F)cc2)C1. The summed E-state index contributed by atoms with van der Waals surface area (Å²) in [5.74, 6) is 0.625. The van der Waals surface area contributed by atoms with Crippen LogP contribution in [0.3, 0.4) is 0 Å². The van der Waals surface area contributed by atoms with Crippen molar-refractivity contribution in [1.29, 1.82) is 0 Å². The lowest BCUT2D eigenvalue weighted by molar-refractivity contribution is -0.137. The van der Waals surface area contributed by atoms with E-state index in [-0.39, 0.29) is 12.4 Å². The number of nitrogens with two attached hydrogens (primary N) is 1. The lowest BCUT2D eigenvalue weighted by atomic mass is 9.94. The van der Waals surface area contributed by atoms with Gasteiger partial charge in [0.05, 0.1) is 17.5 Å². The molecule has 1 aliphatic heterocycles. The standard InChI is InChI=1S/C18H23F3N4.ClH/c19-18(20,21)16-5-3-14(4-6-16)17-15(10-23-24-17)12-25-9-1-2-13(11-25)7-8-22;/h3-6,10,13H,1-2,7-9,11-12,22H2,(H,23,24);1H. The zero-order valence-electron chi connectivity index (χ0n) is 14.4. The molecule has 0 aliphatic carbocycles. The molecule has 144 valence electrons. The highest BCUT2D eigenvalue weighted by molar-refractivity contribution is 5.85. The van der Waals surface area contributed by atoms with E-state index in [9.17, 15) is 13.2 Å². The molecular formula is C18H24ClF3N4. The molecule has 26 heavy (non-hydrogen) atoms. The van der Waals surface area contributed by atoms with E-state index < -0.39 is 11.7 Å². The highest BCUT2D eigenvalue weighted by atomic mass is 35.5. The number of H-pyrrole nitrogens is 1. The highest BCUT2D eigenvalue weighted by Gasteiger charge is 2.30. The van der Waals surface area contributed by atoms with Gasteiger partial charge < -0.3 is 5.73 Å². The number of aromatic nitrogens is 2. The van der Waals surface area contributed by atoms with E-state index in [0.29, 0.717) is 12.5 Å². The van der Waals surface area contributed by atoms with Crippen LogP contribution in [-0.2, 0) is 12.7 Å². The maximum atomic E-state index is 12.7. The van der Waals surface area contributed by atoms with Gasteiger partial charge in [-0.2, -0.15) is 18.3 Å². The summed E-state index contributed by atoms with van der Waals surface area (Å²) in [5.41, 5.74) is 7.54. The maximum absolute atomic E-state index is 12.7. The van der Waals surface area contributed by atoms with Crippen molar-refractivity contribution < 1.29 is 13.2 Å². The second-order valence-corrected chi connectivity index (χ2v) is 6.67. The third kappa shape index (κ3) is 4.99. The number of benzene rings is 1. The first kappa shape index (κ1) is 20.7. The first-order chi connectivity index (χ1) is 12.0. The molecule has 3 rings (SSSR count). The number of aromatic amines is 1. The number of likely N-dealkylation sites (tertiary alicyclic amines) is 1. The Bertz CT molecular complexity index is 682. The molecule has 1 aliphatic rings. The molecule has 1 saturated heterocycles. The molecule has 0 bridgehead atoms. The Balaban J connectivity index is 0.00000243. The summed E-state index contributed by atoms with van der Waals surface area (Å²) in [6.45, 7) is 3.49. The highest BCUT2D eigenvalue weighted by Crippen LogP contribution is 2.31. The topological polar surface area (TPSA) is 57.9 Å². The van der Waals surface area contributed by atoms with Gasteiger partial charge in [-0.3, -0.25) is 10.00 Å². The number of hydrogen-bond donors (Lipinski definition) is 2. The van der Waals surface area contributed by atoms with Gasteiger partial charge in [-0.15, -0.1) is 12.4 Å². The number of halogens is 4. The zero-order chi connectivity index (χ0) is 17.9.